The van der Waals surface area contributed by atoms with E-state index in [9.17, 15) is 4.79 Å². The monoisotopic (exact) mass is 201 g/mol. The average Bonchev–Trinajstić information content (AvgIpc) is 2.02. The van der Waals surface area contributed by atoms with Crippen LogP contribution < -0.4 is 5.32 Å². The molecular formula is C10H21N2O2+. The van der Waals surface area contributed by atoms with E-state index in [2.05, 4.69) is 5.32 Å². The molecule has 1 N–H and O–H groups in total. The van der Waals surface area contributed by atoms with Crippen LogP contribution in [0.3, 0.4) is 0 Å². The second kappa shape index (κ2) is 3.87. The highest BCUT2D eigenvalue weighted by molar-refractivity contribution is 5.60. The number of ether oxygens (including phenoxy) is 1. The molecule has 4 heteroatoms. The van der Waals surface area contributed by atoms with Crippen molar-refractivity contribution in [2.75, 3.05) is 33.2 Å². The number of hydrogen-bond acceptors (Lipinski definition) is 3. The Morgan fingerprint density at radius 3 is 2.21 bits per heavy atom. The van der Waals surface area contributed by atoms with Gasteiger partial charge in [-0.25, -0.2) is 4.48 Å². The van der Waals surface area contributed by atoms with Gasteiger partial charge in [-0.05, 0) is 20.8 Å². The van der Waals surface area contributed by atoms with Crippen LogP contribution in [0, 0.1) is 0 Å². The van der Waals surface area contributed by atoms with E-state index in [0.717, 1.165) is 26.2 Å². The summed E-state index contributed by atoms with van der Waals surface area (Å²) in [6, 6.07) is 0. The van der Waals surface area contributed by atoms with Crippen molar-refractivity contribution in [3.8, 4) is 0 Å². The number of rotatable bonds is 0. The van der Waals surface area contributed by atoms with Gasteiger partial charge in [0.15, 0.2) is 0 Å². The minimum atomic E-state index is -0.386. The summed E-state index contributed by atoms with van der Waals surface area (Å²) in [5.74, 6) is 0. The zero-order valence-corrected chi connectivity index (χ0v) is 9.59. The van der Waals surface area contributed by atoms with Gasteiger partial charge < -0.3 is 10.1 Å². The number of carbonyl (C=O) groups excluding carboxylic acids is 1. The van der Waals surface area contributed by atoms with E-state index >= 15 is 0 Å². The molecule has 0 spiro atoms. The Bertz CT molecular complexity index is 215. The largest absolute Gasteiger partial charge is 0.516 e. The number of nitrogens with zero attached hydrogens (tertiary/aromatic N) is 1. The van der Waals surface area contributed by atoms with Crippen LogP contribution in [0.2, 0.25) is 0 Å². The fourth-order valence-corrected chi connectivity index (χ4v) is 1.44. The Labute approximate surface area is 85.8 Å². The van der Waals surface area contributed by atoms with Gasteiger partial charge in [0.25, 0.3) is 0 Å². The molecule has 1 aliphatic heterocycles. The highest BCUT2D eigenvalue weighted by Gasteiger charge is 2.37. The molecule has 0 saturated carbocycles. The Hall–Kier alpha value is -0.610. The standard InChI is InChI=1S/C10H21N2O2/c1-10(2,3)14-9(13)12(4)7-5-11-6-8-12/h11H,5-8H2,1-4H3/q+1. The van der Waals surface area contributed by atoms with Crippen LogP contribution in [0.15, 0.2) is 0 Å². The second-order valence-electron chi connectivity index (χ2n) is 5.07. The van der Waals surface area contributed by atoms with Gasteiger partial charge in [-0.2, -0.15) is 4.79 Å². The summed E-state index contributed by atoms with van der Waals surface area (Å²) in [5, 5.41) is 3.23. The van der Waals surface area contributed by atoms with E-state index in [1.54, 1.807) is 0 Å². The van der Waals surface area contributed by atoms with Gasteiger partial charge >= 0.3 is 6.09 Å². The van der Waals surface area contributed by atoms with E-state index in [4.69, 9.17) is 4.74 Å². The third-order valence-corrected chi connectivity index (χ3v) is 2.40. The first-order valence-corrected chi connectivity index (χ1v) is 5.12. The molecule has 0 aromatic rings. The Balaban J connectivity index is 2.58. The van der Waals surface area contributed by atoms with Gasteiger partial charge in [0.2, 0.25) is 0 Å². The zero-order chi connectivity index (χ0) is 10.8. The molecule has 1 saturated heterocycles. The number of carbonyl (C=O) groups is 1. The topological polar surface area (TPSA) is 38.3 Å². The van der Waals surface area contributed by atoms with Gasteiger partial charge in [0, 0.05) is 13.1 Å². The summed E-state index contributed by atoms with van der Waals surface area (Å²) in [5.41, 5.74) is -0.386. The van der Waals surface area contributed by atoms with Gasteiger partial charge in [-0.3, -0.25) is 0 Å². The van der Waals surface area contributed by atoms with Crippen LogP contribution in [0.5, 0.6) is 0 Å². The molecular weight excluding hydrogens is 180 g/mol. The van der Waals surface area contributed by atoms with Gasteiger partial charge in [0.1, 0.15) is 18.7 Å². The fraction of sp³-hybridized carbons (Fsp3) is 0.900. The molecule has 0 bridgehead atoms. The van der Waals surface area contributed by atoms with Crippen LogP contribution in [0.25, 0.3) is 0 Å². The molecule has 0 aromatic heterocycles. The summed E-state index contributed by atoms with van der Waals surface area (Å²) in [4.78, 5) is 11.9. The first-order chi connectivity index (χ1) is 6.33. The average molecular weight is 201 g/mol. The number of likely N-dealkylation sites (N-methyl/N-ethyl adjacent to an activating group) is 1. The number of quaternary nitrogens is 1. The van der Waals surface area contributed by atoms with Crippen molar-refractivity contribution in [1.82, 2.24) is 5.32 Å². The SMILES string of the molecule is CC(C)(C)OC(=O)[N+]1(C)CCNCC1. The minimum Gasteiger partial charge on any atom is -0.414 e. The van der Waals surface area contributed by atoms with E-state index < -0.39 is 0 Å². The van der Waals surface area contributed by atoms with Crippen LogP contribution in [0.1, 0.15) is 20.8 Å². The van der Waals surface area contributed by atoms with E-state index in [0.29, 0.717) is 4.48 Å². The number of piperazine rings is 1. The predicted molar refractivity (Wildman–Crippen MR) is 55.0 cm³/mol. The third-order valence-electron chi connectivity index (χ3n) is 2.40. The Kier molecular flexibility index (Phi) is 3.17. The van der Waals surface area contributed by atoms with E-state index in [1.165, 1.54) is 0 Å². The van der Waals surface area contributed by atoms with Gasteiger partial charge in [-0.1, -0.05) is 0 Å². The summed E-state index contributed by atoms with van der Waals surface area (Å²) in [6.45, 7) is 9.10. The number of hydrogen-bond donors (Lipinski definition) is 1. The van der Waals surface area contributed by atoms with E-state index in [1.807, 2.05) is 27.8 Å². The molecule has 1 amide bonds. The number of amides is 1. The molecule has 1 rings (SSSR count). The lowest BCUT2D eigenvalue weighted by Gasteiger charge is -2.35. The molecule has 1 aliphatic rings. The molecule has 0 unspecified atom stereocenters. The highest BCUT2D eigenvalue weighted by atomic mass is 16.6. The smallest absolute Gasteiger partial charge is 0.414 e. The first-order valence-electron chi connectivity index (χ1n) is 5.12. The molecule has 0 radical (unpaired) electrons. The van der Waals surface area contributed by atoms with Crippen molar-refractivity contribution in [1.29, 1.82) is 0 Å². The maximum Gasteiger partial charge on any atom is 0.516 e. The van der Waals surface area contributed by atoms with Gasteiger partial charge in [0.05, 0.1) is 7.05 Å². The molecule has 0 aliphatic carbocycles. The van der Waals surface area contributed by atoms with Crippen LogP contribution in [0.4, 0.5) is 4.79 Å². The summed E-state index contributed by atoms with van der Waals surface area (Å²) < 4.78 is 5.78. The third kappa shape index (κ3) is 2.96. The number of nitrogens with one attached hydrogen (secondary N) is 1. The molecule has 14 heavy (non-hydrogen) atoms. The normalized spacial score (nSPS) is 21.7. The summed E-state index contributed by atoms with van der Waals surface area (Å²) in [7, 11) is 1.94. The first kappa shape index (κ1) is 11.5. The quantitative estimate of drug-likeness (QED) is 0.594. The summed E-state index contributed by atoms with van der Waals surface area (Å²) in [6.07, 6.45) is -0.112. The lowest BCUT2D eigenvalue weighted by molar-refractivity contribution is -0.840. The lowest BCUT2D eigenvalue weighted by Crippen LogP contribution is -2.60. The Morgan fingerprint density at radius 2 is 1.79 bits per heavy atom. The fourth-order valence-electron chi connectivity index (χ4n) is 1.44. The zero-order valence-electron chi connectivity index (χ0n) is 9.59. The maximum atomic E-state index is 11.9. The van der Waals surface area contributed by atoms with Crippen molar-refractivity contribution in [3.63, 3.8) is 0 Å². The molecule has 0 aromatic carbocycles. The molecule has 82 valence electrons. The van der Waals surface area contributed by atoms with Crippen molar-refractivity contribution in [2.45, 2.75) is 26.4 Å². The van der Waals surface area contributed by atoms with Gasteiger partial charge in [-0.15, -0.1) is 0 Å². The summed E-state index contributed by atoms with van der Waals surface area (Å²) >= 11 is 0. The molecule has 0 atom stereocenters. The van der Waals surface area contributed by atoms with Crippen molar-refractivity contribution in [3.05, 3.63) is 0 Å². The lowest BCUT2D eigenvalue weighted by atomic mass is 10.2. The van der Waals surface area contributed by atoms with Crippen LogP contribution >= 0.6 is 0 Å². The minimum absolute atomic E-state index is 0.112. The molecule has 4 nitrogen and oxygen atoms in total. The van der Waals surface area contributed by atoms with Crippen molar-refractivity contribution in [2.24, 2.45) is 0 Å². The maximum absolute atomic E-state index is 11.9. The van der Waals surface area contributed by atoms with Crippen molar-refractivity contribution >= 4 is 6.09 Å². The molecule has 1 heterocycles. The van der Waals surface area contributed by atoms with E-state index in [-0.39, 0.29) is 11.7 Å². The Morgan fingerprint density at radius 1 is 1.29 bits per heavy atom. The van der Waals surface area contributed by atoms with Crippen molar-refractivity contribution < 1.29 is 14.0 Å². The highest BCUT2D eigenvalue weighted by Crippen LogP contribution is 2.15. The second-order valence-corrected chi connectivity index (χ2v) is 5.07. The van der Waals surface area contributed by atoms with Crippen LogP contribution in [-0.4, -0.2) is 49.4 Å². The molecule has 1 fully saturated rings. The van der Waals surface area contributed by atoms with Crippen LogP contribution in [-0.2, 0) is 4.74 Å². The predicted octanol–water partition coefficient (Wildman–Crippen LogP) is 0.971.